The van der Waals surface area contributed by atoms with Gasteiger partial charge in [0.25, 0.3) is 0 Å². The Labute approximate surface area is 86.9 Å². The Morgan fingerprint density at radius 3 is 2.73 bits per heavy atom. The van der Waals surface area contributed by atoms with E-state index in [2.05, 4.69) is 6.07 Å². The van der Waals surface area contributed by atoms with Gasteiger partial charge in [0.15, 0.2) is 0 Å². The van der Waals surface area contributed by atoms with Crippen LogP contribution in [0.25, 0.3) is 0 Å². The second kappa shape index (κ2) is 5.05. The van der Waals surface area contributed by atoms with E-state index in [1.165, 1.54) is 12.1 Å². The molecule has 0 amide bonds. The number of alkyl halides is 3. The molecule has 0 fully saturated rings. The van der Waals surface area contributed by atoms with Crippen molar-refractivity contribution in [2.45, 2.75) is 25.9 Å². The second-order valence-corrected chi connectivity index (χ2v) is 3.12. The van der Waals surface area contributed by atoms with Crippen molar-refractivity contribution in [3.63, 3.8) is 0 Å². The van der Waals surface area contributed by atoms with Crippen LogP contribution in [0.15, 0.2) is 18.2 Å². The molecule has 1 aromatic carbocycles. The van der Waals surface area contributed by atoms with Crippen LogP contribution < -0.4 is 4.74 Å². The van der Waals surface area contributed by atoms with Crippen molar-refractivity contribution in [1.82, 2.24) is 0 Å². The van der Waals surface area contributed by atoms with Gasteiger partial charge in [0.2, 0.25) is 0 Å². The lowest BCUT2D eigenvalue weighted by atomic mass is 10.2. The Kier molecular flexibility index (Phi) is 4.00. The minimum absolute atomic E-state index is 0.116. The largest absolute Gasteiger partial charge is 0.493 e. The van der Waals surface area contributed by atoms with E-state index in [1.807, 2.05) is 6.92 Å². The number of benzene rings is 1. The zero-order valence-corrected chi connectivity index (χ0v) is 8.40. The molecule has 0 bridgehead atoms. The highest BCUT2D eigenvalue weighted by Crippen LogP contribution is 2.35. The van der Waals surface area contributed by atoms with E-state index in [1.54, 1.807) is 0 Å². The maximum Gasteiger partial charge on any atom is 0.419 e. The molecule has 15 heavy (non-hydrogen) atoms. The Balaban J connectivity index is 2.78. The predicted octanol–water partition coefficient (Wildman–Crippen LogP) is 3.68. The van der Waals surface area contributed by atoms with Gasteiger partial charge in [0.05, 0.1) is 12.2 Å². The summed E-state index contributed by atoms with van der Waals surface area (Å²) < 4.78 is 42.4. The molecule has 0 unspecified atom stereocenters. The van der Waals surface area contributed by atoms with Crippen LogP contribution in [-0.4, -0.2) is 6.61 Å². The average molecular weight is 217 g/mol. The smallest absolute Gasteiger partial charge is 0.419 e. The molecular weight excluding hydrogens is 205 g/mol. The molecule has 0 spiro atoms. The van der Waals surface area contributed by atoms with E-state index >= 15 is 0 Å². The molecule has 0 aliphatic heterocycles. The second-order valence-electron chi connectivity index (χ2n) is 3.12. The monoisotopic (exact) mass is 217 g/mol. The molecule has 4 heteroatoms. The summed E-state index contributed by atoms with van der Waals surface area (Å²) in [6, 6.07) is 6.01. The number of hydrogen-bond acceptors (Lipinski definition) is 1. The number of unbranched alkanes of at least 4 members (excludes halogenated alkanes) is 1. The highest BCUT2D eigenvalue weighted by Gasteiger charge is 2.33. The van der Waals surface area contributed by atoms with Gasteiger partial charge in [-0.05, 0) is 24.6 Å². The summed E-state index contributed by atoms with van der Waals surface area (Å²) in [5, 5.41) is 0. The molecule has 0 saturated heterocycles. The summed E-state index contributed by atoms with van der Waals surface area (Å²) in [6.07, 6.45) is -2.74. The first-order chi connectivity index (χ1) is 7.05. The van der Waals surface area contributed by atoms with Crippen molar-refractivity contribution >= 4 is 0 Å². The molecular formula is C11H12F3O. The highest BCUT2D eigenvalue weighted by molar-refractivity contribution is 5.34. The van der Waals surface area contributed by atoms with Crippen LogP contribution in [0.3, 0.4) is 0 Å². The van der Waals surface area contributed by atoms with Gasteiger partial charge in [-0.2, -0.15) is 13.2 Å². The number of hydrogen-bond donors (Lipinski definition) is 0. The quantitative estimate of drug-likeness (QED) is 0.699. The zero-order valence-electron chi connectivity index (χ0n) is 8.40. The van der Waals surface area contributed by atoms with Crippen LogP contribution in [-0.2, 0) is 6.18 Å². The van der Waals surface area contributed by atoms with Crippen molar-refractivity contribution < 1.29 is 17.9 Å². The van der Waals surface area contributed by atoms with Gasteiger partial charge < -0.3 is 4.74 Å². The van der Waals surface area contributed by atoms with E-state index in [9.17, 15) is 13.2 Å². The van der Waals surface area contributed by atoms with Crippen molar-refractivity contribution in [3.05, 3.63) is 29.8 Å². The van der Waals surface area contributed by atoms with Gasteiger partial charge >= 0.3 is 6.18 Å². The molecule has 1 radical (unpaired) electrons. The van der Waals surface area contributed by atoms with Crippen LogP contribution in [0.4, 0.5) is 13.2 Å². The van der Waals surface area contributed by atoms with Crippen molar-refractivity contribution in [3.8, 4) is 5.75 Å². The minimum Gasteiger partial charge on any atom is -0.493 e. The lowest BCUT2D eigenvalue weighted by molar-refractivity contribution is -0.139. The van der Waals surface area contributed by atoms with E-state index in [0.717, 1.165) is 18.9 Å². The molecule has 83 valence electrons. The molecule has 1 nitrogen and oxygen atoms in total. The number of halogens is 3. The zero-order chi connectivity index (χ0) is 11.3. The average Bonchev–Trinajstić information content (AvgIpc) is 2.17. The van der Waals surface area contributed by atoms with Gasteiger partial charge in [-0.3, -0.25) is 0 Å². The summed E-state index contributed by atoms with van der Waals surface area (Å²) >= 11 is 0. The Morgan fingerprint density at radius 2 is 2.13 bits per heavy atom. The van der Waals surface area contributed by atoms with Crippen LogP contribution in [0, 0.1) is 6.07 Å². The molecule has 0 aromatic heterocycles. The maximum atomic E-state index is 12.5. The van der Waals surface area contributed by atoms with Gasteiger partial charge in [-0.15, -0.1) is 0 Å². The fourth-order valence-electron chi connectivity index (χ4n) is 1.09. The van der Waals surface area contributed by atoms with Gasteiger partial charge in [0, 0.05) is 0 Å². The van der Waals surface area contributed by atoms with Crippen LogP contribution in [0.5, 0.6) is 5.75 Å². The normalized spacial score (nSPS) is 11.5. The number of rotatable bonds is 4. The summed E-state index contributed by atoms with van der Waals surface area (Å²) in [4.78, 5) is 0. The SMILES string of the molecule is CCCCOc1cc[c]cc1C(F)(F)F. The molecule has 1 rings (SSSR count). The Bertz CT molecular complexity index is 307. The molecule has 0 aliphatic carbocycles. The van der Waals surface area contributed by atoms with Crippen LogP contribution in [0.2, 0.25) is 0 Å². The third-order valence-corrected chi connectivity index (χ3v) is 1.88. The van der Waals surface area contributed by atoms with Crippen molar-refractivity contribution in [2.75, 3.05) is 6.61 Å². The fraction of sp³-hybridized carbons (Fsp3) is 0.455. The van der Waals surface area contributed by atoms with E-state index < -0.39 is 11.7 Å². The highest BCUT2D eigenvalue weighted by atomic mass is 19.4. The van der Waals surface area contributed by atoms with Gasteiger partial charge in [-0.25, -0.2) is 0 Å². The maximum absolute atomic E-state index is 12.5. The standard InChI is InChI=1S/C11H12F3O/c1-2-3-8-15-10-7-5-4-6-9(10)11(12,13)14/h5-7H,2-3,8H2,1H3. The summed E-state index contributed by atoms with van der Waals surface area (Å²) in [7, 11) is 0. The van der Waals surface area contributed by atoms with Gasteiger partial charge in [-0.1, -0.05) is 19.4 Å². The lowest BCUT2D eigenvalue weighted by Gasteiger charge is -2.12. The first kappa shape index (κ1) is 11.9. The van der Waals surface area contributed by atoms with E-state index in [4.69, 9.17) is 4.74 Å². The van der Waals surface area contributed by atoms with Crippen LogP contribution in [0.1, 0.15) is 25.3 Å². The minimum atomic E-state index is -4.38. The molecule has 0 heterocycles. The third-order valence-electron chi connectivity index (χ3n) is 1.88. The fourth-order valence-corrected chi connectivity index (χ4v) is 1.09. The predicted molar refractivity (Wildman–Crippen MR) is 50.7 cm³/mol. The van der Waals surface area contributed by atoms with E-state index in [0.29, 0.717) is 6.61 Å². The lowest BCUT2D eigenvalue weighted by Crippen LogP contribution is -2.09. The summed E-state index contributed by atoms with van der Waals surface area (Å²) in [6.45, 7) is 2.26. The topological polar surface area (TPSA) is 9.23 Å². The molecule has 0 atom stereocenters. The Morgan fingerprint density at radius 1 is 1.40 bits per heavy atom. The molecule has 0 aliphatic rings. The van der Waals surface area contributed by atoms with Crippen molar-refractivity contribution in [1.29, 1.82) is 0 Å². The van der Waals surface area contributed by atoms with Crippen molar-refractivity contribution in [2.24, 2.45) is 0 Å². The third kappa shape index (κ3) is 3.46. The molecule has 1 aromatic rings. The first-order valence-electron chi connectivity index (χ1n) is 4.75. The molecule has 0 saturated carbocycles. The Hall–Kier alpha value is -1.19. The first-order valence-corrected chi connectivity index (χ1v) is 4.75. The molecule has 0 N–H and O–H groups in total. The number of ether oxygens (including phenoxy) is 1. The summed E-state index contributed by atoms with van der Waals surface area (Å²) in [5.74, 6) is -0.116. The van der Waals surface area contributed by atoms with E-state index in [-0.39, 0.29) is 5.75 Å². The summed E-state index contributed by atoms with van der Waals surface area (Å²) in [5.41, 5.74) is -0.763. The van der Waals surface area contributed by atoms with Gasteiger partial charge in [0.1, 0.15) is 5.75 Å². The van der Waals surface area contributed by atoms with Crippen LogP contribution >= 0.6 is 0 Å².